The molecule has 5 rings (SSSR count). The lowest BCUT2D eigenvalue weighted by atomic mass is 9.93. The molecule has 0 aromatic carbocycles. The zero-order chi connectivity index (χ0) is 18.4. The van der Waals surface area contributed by atoms with Gasteiger partial charge in [-0.05, 0) is 31.7 Å². The van der Waals surface area contributed by atoms with Gasteiger partial charge >= 0.3 is 0 Å². The molecule has 0 saturated heterocycles. The Morgan fingerprint density at radius 2 is 2.26 bits per heavy atom. The highest BCUT2D eigenvalue weighted by molar-refractivity contribution is 5.74. The first-order valence-corrected chi connectivity index (χ1v) is 9.44. The predicted molar refractivity (Wildman–Crippen MR) is 98.2 cm³/mol. The molecule has 140 valence electrons. The zero-order valence-electron chi connectivity index (χ0n) is 15.4. The molecule has 0 amide bonds. The average molecular weight is 366 g/mol. The Bertz CT molecular complexity index is 1080. The molecule has 0 spiro atoms. The number of ether oxygens (including phenoxy) is 1. The molecular weight excluding hydrogens is 344 g/mol. The maximum atomic E-state index is 6.15. The van der Waals surface area contributed by atoms with Crippen LogP contribution in [-0.2, 0) is 11.3 Å². The summed E-state index contributed by atoms with van der Waals surface area (Å²) in [6.07, 6.45) is 6.90. The van der Waals surface area contributed by atoms with Crippen LogP contribution in [0.3, 0.4) is 0 Å². The zero-order valence-corrected chi connectivity index (χ0v) is 15.4. The molecule has 0 radical (unpaired) electrons. The first kappa shape index (κ1) is 16.4. The predicted octanol–water partition coefficient (Wildman–Crippen LogP) is 3.39. The van der Waals surface area contributed by atoms with Gasteiger partial charge in [0.25, 0.3) is 0 Å². The Morgan fingerprint density at radius 3 is 3.07 bits per heavy atom. The largest absolute Gasteiger partial charge is 0.372 e. The van der Waals surface area contributed by atoms with E-state index in [0.29, 0.717) is 18.4 Å². The van der Waals surface area contributed by atoms with E-state index in [1.807, 2.05) is 25.3 Å². The first-order chi connectivity index (χ1) is 13.2. The van der Waals surface area contributed by atoms with Gasteiger partial charge in [0.1, 0.15) is 17.3 Å². The van der Waals surface area contributed by atoms with Crippen molar-refractivity contribution in [3.8, 4) is 0 Å². The second-order valence-electron chi connectivity index (χ2n) is 7.33. The maximum Gasteiger partial charge on any atom is 0.179 e. The number of hydrogen-bond donors (Lipinski definition) is 1. The summed E-state index contributed by atoms with van der Waals surface area (Å²) in [6, 6.07) is 3.95. The summed E-state index contributed by atoms with van der Waals surface area (Å²) in [6.45, 7) is 4.61. The van der Waals surface area contributed by atoms with E-state index >= 15 is 0 Å². The molecule has 4 aromatic rings. The van der Waals surface area contributed by atoms with Crippen molar-refractivity contribution in [1.29, 1.82) is 0 Å². The van der Waals surface area contributed by atoms with Crippen LogP contribution in [-0.4, -0.2) is 35.8 Å². The summed E-state index contributed by atoms with van der Waals surface area (Å²) >= 11 is 0. The van der Waals surface area contributed by atoms with E-state index in [4.69, 9.17) is 9.26 Å². The second kappa shape index (κ2) is 6.45. The lowest BCUT2D eigenvalue weighted by Crippen LogP contribution is -2.10. The number of H-pyrrole nitrogens is 1. The standard InChI is InChI=1S/C19H22N6O2/c1-3-12-7-14(26-10-13-6-11(2)27-24-13)8-15(12)19-23-22-17-9-21-18-16(25(17)19)4-5-20-18/h4-6,9,12,14-15,20H,3,7-8,10H2,1-2H3. The Labute approximate surface area is 155 Å². The van der Waals surface area contributed by atoms with Crippen LogP contribution in [0.1, 0.15) is 49.4 Å². The molecule has 27 heavy (non-hydrogen) atoms. The van der Waals surface area contributed by atoms with Gasteiger partial charge in [0.05, 0.1) is 24.4 Å². The number of nitrogens with zero attached hydrogens (tertiary/aromatic N) is 5. The summed E-state index contributed by atoms with van der Waals surface area (Å²) in [7, 11) is 0. The lowest BCUT2D eigenvalue weighted by Gasteiger charge is -2.15. The average Bonchev–Trinajstić information content (AvgIpc) is 3.43. The van der Waals surface area contributed by atoms with E-state index in [2.05, 4.69) is 36.6 Å². The smallest absolute Gasteiger partial charge is 0.179 e. The fourth-order valence-electron chi connectivity index (χ4n) is 4.30. The highest BCUT2D eigenvalue weighted by Gasteiger charge is 2.37. The summed E-state index contributed by atoms with van der Waals surface area (Å²) < 4.78 is 13.4. The van der Waals surface area contributed by atoms with E-state index < -0.39 is 0 Å². The van der Waals surface area contributed by atoms with E-state index in [-0.39, 0.29) is 6.10 Å². The molecule has 0 bridgehead atoms. The van der Waals surface area contributed by atoms with Crippen molar-refractivity contribution < 1.29 is 9.26 Å². The number of aromatic amines is 1. The minimum absolute atomic E-state index is 0.188. The lowest BCUT2D eigenvalue weighted by molar-refractivity contribution is 0.0390. The van der Waals surface area contributed by atoms with Crippen LogP contribution >= 0.6 is 0 Å². The van der Waals surface area contributed by atoms with Crippen molar-refractivity contribution in [2.45, 2.75) is 51.7 Å². The van der Waals surface area contributed by atoms with Gasteiger partial charge in [0.15, 0.2) is 11.3 Å². The molecule has 8 nitrogen and oxygen atoms in total. The number of fused-ring (bicyclic) bond motifs is 3. The highest BCUT2D eigenvalue weighted by Crippen LogP contribution is 2.42. The third kappa shape index (κ3) is 2.80. The van der Waals surface area contributed by atoms with Crippen molar-refractivity contribution in [1.82, 2.24) is 29.7 Å². The minimum Gasteiger partial charge on any atom is -0.372 e. The highest BCUT2D eigenvalue weighted by atomic mass is 16.5. The normalized spacial score (nSPS) is 23.0. The SMILES string of the molecule is CCC1CC(OCc2cc(C)on2)CC1c1nnc2cnc3[nH]ccc3n12. The molecule has 1 saturated carbocycles. The van der Waals surface area contributed by atoms with E-state index in [1.165, 1.54) is 0 Å². The topological polar surface area (TPSA) is 94.1 Å². The van der Waals surface area contributed by atoms with Gasteiger partial charge in [0.2, 0.25) is 0 Å². The fourth-order valence-corrected chi connectivity index (χ4v) is 4.30. The number of aromatic nitrogens is 6. The molecule has 1 fully saturated rings. The van der Waals surface area contributed by atoms with Crippen molar-refractivity contribution in [2.75, 3.05) is 0 Å². The van der Waals surface area contributed by atoms with Crippen molar-refractivity contribution in [2.24, 2.45) is 5.92 Å². The molecule has 1 aliphatic rings. The van der Waals surface area contributed by atoms with E-state index in [0.717, 1.165) is 53.4 Å². The second-order valence-corrected chi connectivity index (χ2v) is 7.33. The Kier molecular flexibility index (Phi) is 3.93. The third-order valence-corrected chi connectivity index (χ3v) is 5.62. The van der Waals surface area contributed by atoms with Gasteiger partial charge < -0.3 is 14.2 Å². The monoisotopic (exact) mass is 366 g/mol. The van der Waals surface area contributed by atoms with Gasteiger partial charge in [-0.25, -0.2) is 4.98 Å². The Hall–Kier alpha value is -2.74. The molecule has 1 N–H and O–H groups in total. The quantitative estimate of drug-likeness (QED) is 0.582. The van der Waals surface area contributed by atoms with Crippen molar-refractivity contribution in [3.63, 3.8) is 0 Å². The van der Waals surface area contributed by atoms with Gasteiger partial charge in [-0.3, -0.25) is 4.40 Å². The number of nitrogens with one attached hydrogen (secondary N) is 1. The summed E-state index contributed by atoms with van der Waals surface area (Å²) in [5.74, 6) is 2.65. The van der Waals surface area contributed by atoms with Crippen LogP contribution in [0.5, 0.6) is 0 Å². The number of hydrogen-bond acceptors (Lipinski definition) is 6. The molecule has 4 aromatic heterocycles. The van der Waals surface area contributed by atoms with Gasteiger partial charge in [0, 0.05) is 18.2 Å². The fraction of sp³-hybridized carbons (Fsp3) is 0.474. The Balaban J connectivity index is 1.42. The minimum atomic E-state index is 0.188. The maximum absolute atomic E-state index is 6.15. The van der Waals surface area contributed by atoms with Crippen LogP contribution in [0.4, 0.5) is 0 Å². The van der Waals surface area contributed by atoms with Crippen LogP contribution in [0.2, 0.25) is 0 Å². The molecule has 4 heterocycles. The van der Waals surface area contributed by atoms with Crippen molar-refractivity contribution >= 4 is 16.8 Å². The van der Waals surface area contributed by atoms with E-state index in [1.54, 1.807) is 6.20 Å². The molecular formula is C19H22N6O2. The first-order valence-electron chi connectivity index (χ1n) is 9.44. The summed E-state index contributed by atoms with van der Waals surface area (Å²) in [4.78, 5) is 7.57. The van der Waals surface area contributed by atoms with Gasteiger partial charge in [-0.1, -0.05) is 18.5 Å². The van der Waals surface area contributed by atoms with Crippen LogP contribution in [0, 0.1) is 12.8 Å². The molecule has 8 heteroatoms. The molecule has 0 aliphatic heterocycles. The van der Waals surface area contributed by atoms with Gasteiger partial charge in [-0.15, -0.1) is 10.2 Å². The summed E-state index contributed by atoms with van der Waals surface area (Å²) in [5, 5.41) is 12.9. The third-order valence-electron chi connectivity index (χ3n) is 5.62. The van der Waals surface area contributed by atoms with Crippen LogP contribution in [0.15, 0.2) is 29.0 Å². The Morgan fingerprint density at radius 1 is 1.33 bits per heavy atom. The number of aryl methyl sites for hydroxylation is 1. The molecule has 3 unspecified atom stereocenters. The van der Waals surface area contributed by atoms with Crippen molar-refractivity contribution in [3.05, 3.63) is 41.8 Å². The molecule has 3 atom stereocenters. The van der Waals surface area contributed by atoms with Gasteiger partial charge in [-0.2, -0.15) is 0 Å². The van der Waals surface area contributed by atoms with E-state index in [9.17, 15) is 0 Å². The number of rotatable bonds is 5. The van der Waals surface area contributed by atoms with Crippen LogP contribution < -0.4 is 0 Å². The molecule has 1 aliphatic carbocycles. The van der Waals surface area contributed by atoms with Crippen LogP contribution in [0.25, 0.3) is 16.8 Å². The summed E-state index contributed by atoms with van der Waals surface area (Å²) in [5.41, 5.74) is 3.50.